The summed E-state index contributed by atoms with van der Waals surface area (Å²) < 4.78 is 22.5. The predicted octanol–water partition coefficient (Wildman–Crippen LogP) is 2.81. The quantitative estimate of drug-likeness (QED) is 0.909. The van der Waals surface area contributed by atoms with Gasteiger partial charge >= 0.3 is 0 Å². The zero-order valence-electron chi connectivity index (χ0n) is 11.1. The van der Waals surface area contributed by atoms with Crippen molar-refractivity contribution in [1.82, 2.24) is 9.97 Å². The molecule has 0 spiro atoms. The van der Waals surface area contributed by atoms with E-state index < -0.39 is 9.84 Å². The van der Waals surface area contributed by atoms with Gasteiger partial charge in [-0.2, -0.15) is 0 Å². The zero-order chi connectivity index (χ0) is 13.8. The fraction of sp³-hybridized carbons (Fsp3) is 0.308. The number of hydrogen-bond donors (Lipinski definition) is 1. The minimum Gasteiger partial charge on any atom is -0.342 e. The standard InChI is InChI=1S/C11H12N2O2S.C2H6/c1-8-12-7-11(13-8)9-3-5-10(6-4-9)16(2,14)15;1-2/h3-7H,1-2H3,(H,12,13);1-2H3. The SMILES string of the molecule is CC.Cc1ncc(-c2ccc(S(C)(=O)=O)cc2)[nH]1. The number of nitrogens with one attached hydrogen (secondary N) is 1. The molecule has 2 aromatic rings. The van der Waals surface area contributed by atoms with E-state index in [-0.39, 0.29) is 0 Å². The summed E-state index contributed by atoms with van der Waals surface area (Å²) >= 11 is 0. The van der Waals surface area contributed by atoms with Gasteiger partial charge < -0.3 is 4.98 Å². The Kier molecular flexibility index (Phi) is 4.67. The molecule has 2 rings (SSSR count). The van der Waals surface area contributed by atoms with Crippen LogP contribution in [0.3, 0.4) is 0 Å². The third kappa shape index (κ3) is 3.43. The van der Waals surface area contributed by atoms with E-state index in [0.717, 1.165) is 17.1 Å². The van der Waals surface area contributed by atoms with Crippen LogP contribution in [-0.2, 0) is 9.84 Å². The number of hydrogen-bond acceptors (Lipinski definition) is 3. The third-order valence-electron chi connectivity index (χ3n) is 2.30. The Hall–Kier alpha value is -1.62. The Morgan fingerprint density at radius 2 is 1.67 bits per heavy atom. The van der Waals surface area contributed by atoms with Gasteiger partial charge in [0.2, 0.25) is 0 Å². The Morgan fingerprint density at radius 3 is 2.06 bits per heavy atom. The average Bonchev–Trinajstić information content (AvgIpc) is 2.78. The van der Waals surface area contributed by atoms with Crippen molar-refractivity contribution in [3.63, 3.8) is 0 Å². The first-order valence-corrected chi connectivity index (χ1v) is 7.68. The van der Waals surface area contributed by atoms with Crippen molar-refractivity contribution in [3.05, 3.63) is 36.3 Å². The molecule has 4 nitrogen and oxygen atoms in total. The molecule has 1 aromatic carbocycles. The van der Waals surface area contributed by atoms with Gasteiger partial charge in [0.05, 0.1) is 16.8 Å². The van der Waals surface area contributed by atoms with Crippen molar-refractivity contribution < 1.29 is 8.42 Å². The lowest BCUT2D eigenvalue weighted by atomic mass is 10.2. The van der Waals surface area contributed by atoms with Gasteiger partial charge in [-0.25, -0.2) is 13.4 Å². The van der Waals surface area contributed by atoms with Gasteiger partial charge in [-0.15, -0.1) is 0 Å². The highest BCUT2D eigenvalue weighted by atomic mass is 32.2. The molecule has 0 saturated heterocycles. The van der Waals surface area contributed by atoms with Crippen LogP contribution in [0, 0.1) is 6.92 Å². The van der Waals surface area contributed by atoms with Crippen LogP contribution in [0.1, 0.15) is 19.7 Å². The van der Waals surface area contributed by atoms with Crippen molar-refractivity contribution in [1.29, 1.82) is 0 Å². The van der Waals surface area contributed by atoms with E-state index in [4.69, 9.17) is 0 Å². The van der Waals surface area contributed by atoms with Gasteiger partial charge in [-0.1, -0.05) is 26.0 Å². The molecular formula is C13H18N2O2S. The van der Waals surface area contributed by atoms with Crippen LogP contribution in [0.25, 0.3) is 11.3 Å². The average molecular weight is 266 g/mol. The Bertz CT molecular complexity index is 598. The summed E-state index contributed by atoms with van der Waals surface area (Å²) in [5, 5.41) is 0. The molecule has 0 unspecified atom stereocenters. The third-order valence-corrected chi connectivity index (χ3v) is 3.42. The summed E-state index contributed by atoms with van der Waals surface area (Å²) in [5.41, 5.74) is 1.81. The van der Waals surface area contributed by atoms with Crippen LogP contribution in [0.2, 0.25) is 0 Å². The van der Waals surface area contributed by atoms with Crippen LogP contribution in [0.4, 0.5) is 0 Å². The molecule has 1 N–H and O–H groups in total. The van der Waals surface area contributed by atoms with E-state index in [2.05, 4.69) is 9.97 Å². The number of imidazole rings is 1. The van der Waals surface area contributed by atoms with Gasteiger partial charge in [0.15, 0.2) is 9.84 Å². The van der Waals surface area contributed by atoms with Gasteiger partial charge in [-0.3, -0.25) is 0 Å². The molecule has 1 aromatic heterocycles. The number of benzene rings is 1. The first-order valence-electron chi connectivity index (χ1n) is 5.79. The highest BCUT2D eigenvalue weighted by Crippen LogP contribution is 2.19. The maximum atomic E-state index is 11.3. The predicted molar refractivity (Wildman–Crippen MR) is 73.2 cm³/mol. The van der Waals surface area contributed by atoms with Crippen LogP contribution < -0.4 is 0 Å². The summed E-state index contributed by atoms with van der Waals surface area (Å²) in [6.07, 6.45) is 2.92. The number of sulfone groups is 1. The monoisotopic (exact) mass is 266 g/mol. The number of aromatic amines is 1. The topological polar surface area (TPSA) is 62.8 Å². The van der Waals surface area contributed by atoms with Gasteiger partial charge in [0.25, 0.3) is 0 Å². The molecule has 0 aliphatic carbocycles. The van der Waals surface area contributed by atoms with Crippen molar-refractivity contribution in [2.75, 3.05) is 6.26 Å². The molecule has 18 heavy (non-hydrogen) atoms. The molecule has 98 valence electrons. The first kappa shape index (κ1) is 14.4. The van der Waals surface area contributed by atoms with Gasteiger partial charge in [0.1, 0.15) is 5.82 Å². The summed E-state index contributed by atoms with van der Waals surface area (Å²) in [5.74, 6) is 0.835. The Labute approximate surface area is 108 Å². The molecule has 1 heterocycles. The van der Waals surface area contributed by atoms with Crippen LogP contribution in [0.5, 0.6) is 0 Å². The van der Waals surface area contributed by atoms with E-state index >= 15 is 0 Å². The molecule has 0 atom stereocenters. The molecule has 0 aliphatic rings. The number of aromatic nitrogens is 2. The van der Waals surface area contributed by atoms with E-state index in [1.807, 2.05) is 20.8 Å². The second-order valence-corrected chi connectivity index (χ2v) is 5.69. The first-order chi connectivity index (χ1) is 8.47. The summed E-state index contributed by atoms with van der Waals surface area (Å²) in [4.78, 5) is 7.51. The maximum absolute atomic E-state index is 11.3. The summed E-state index contributed by atoms with van der Waals surface area (Å²) in [6.45, 7) is 5.87. The van der Waals surface area contributed by atoms with Gasteiger partial charge in [0, 0.05) is 6.26 Å². The van der Waals surface area contributed by atoms with Crippen LogP contribution >= 0.6 is 0 Å². The lowest BCUT2D eigenvalue weighted by Crippen LogP contribution is -1.96. The summed E-state index contributed by atoms with van der Waals surface area (Å²) in [6, 6.07) is 6.73. The van der Waals surface area contributed by atoms with Crippen molar-refractivity contribution >= 4 is 9.84 Å². The minimum atomic E-state index is -3.12. The van der Waals surface area contributed by atoms with E-state index in [1.165, 1.54) is 6.26 Å². The van der Waals surface area contributed by atoms with E-state index in [1.54, 1.807) is 30.5 Å². The summed E-state index contributed by atoms with van der Waals surface area (Å²) in [7, 11) is -3.12. The van der Waals surface area contributed by atoms with Crippen LogP contribution in [0.15, 0.2) is 35.4 Å². The second kappa shape index (κ2) is 5.82. The second-order valence-electron chi connectivity index (χ2n) is 3.68. The molecule has 0 radical (unpaired) electrons. The molecule has 0 amide bonds. The number of aryl methyl sites for hydroxylation is 1. The minimum absolute atomic E-state index is 0.326. The highest BCUT2D eigenvalue weighted by Gasteiger charge is 2.07. The molecular weight excluding hydrogens is 248 g/mol. The van der Waals surface area contributed by atoms with Crippen molar-refractivity contribution in [3.8, 4) is 11.3 Å². The number of H-pyrrole nitrogens is 1. The van der Waals surface area contributed by atoms with E-state index in [9.17, 15) is 8.42 Å². The smallest absolute Gasteiger partial charge is 0.175 e. The lowest BCUT2D eigenvalue weighted by Gasteiger charge is -2.00. The van der Waals surface area contributed by atoms with Crippen molar-refractivity contribution in [2.45, 2.75) is 25.7 Å². The number of rotatable bonds is 2. The molecule has 5 heteroatoms. The molecule has 0 bridgehead atoms. The zero-order valence-corrected chi connectivity index (χ0v) is 11.9. The highest BCUT2D eigenvalue weighted by molar-refractivity contribution is 7.90. The van der Waals surface area contributed by atoms with E-state index in [0.29, 0.717) is 4.90 Å². The molecule has 0 fully saturated rings. The Balaban J connectivity index is 0.000000771. The molecule has 0 aliphatic heterocycles. The number of nitrogens with zero attached hydrogens (tertiary/aromatic N) is 1. The van der Waals surface area contributed by atoms with Crippen molar-refractivity contribution in [2.24, 2.45) is 0 Å². The van der Waals surface area contributed by atoms with Gasteiger partial charge in [-0.05, 0) is 24.6 Å². The molecule has 0 saturated carbocycles. The fourth-order valence-corrected chi connectivity index (χ4v) is 2.08. The Morgan fingerprint density at radius 1 is 1.11 bits per heavy atom. The fourth-order valence-electron chi connectivity index (χ4n) is 1.45. The largest absolute Gasteiger partial charge is 0.342 e. The lowest BCUT2D eigenvalue weighted by molar-refractivity contribution is 0.602. The van der Waals surface area contributed by atoms with Crippen LogP contribution in [-0.4, -0.2) is 24.6 Å². The maximum Gasteiger partial charge on any atom is 0.175 e. The normalized spacial score (nSPS) is 10.7.